The number of nitrogens with one attached hydrogen (secondary N) is 1. The Morgan fingerprint density at radius 3 is 2.59 bits per heavy atom. The van der Waals surface area contributed by atoms with Crippen LogP contribution in [0.4, 0.5) is 17.3 Å². The maximum Gasteiger partial charge on any atom is 0.259 e. The molecule has 1 saturated heterocycles. The second-order valence-corrected chi connectivity index (χ2v) is 8.59. The number of benzene rings is 1. The second kappa shape index (κ2) is 8.57. The third-order valence-corrected chi connectivity index (χ3v) is 6.27. The Balaban J connectivity index is 1.18. The molecule has 0 unspecified atom stereocenters. The minimum atomic E-state index is 0.0118. The summed E-state index contributed by atoms with van der Waals surface area (Å²) in [7, 11) is 0. The van der Waals surface area contributed by atoms with E-state index in [2.05, 4.69) is 37.3 Å². The first-order chi connectivity index (χ1) is 15.6. The van der Waals surface area contributed by atoms with Crippen LogP contribution in [0.25, 0.3) is 0 Å². The molecule has 2 aliphatic heterocycles. The Bertz CT molecular complexity index is 1100. The zero-order valence-corrected chi connectivity index (χ0v) is 18.6. The van der Waals surface area contributed by atoms with Crippen LogP contribution in [-0.4, -0.2) is 46.5 Å². The molecule has 4 heterocycles. The molecule has 2 aromatic heterocycles. The first-order valence-corrected chi connectivity index (χ1v) is 11.3. The van der Waals surface area contributed by atoms with Crippen LogP contribution in [0.2, 0.25) is 0 Å². The van der Waals surface area contributed by atoms with Crippen molar-refractivity contribution in [3.63, 3.8) is 0 Å². The monoisotopic (exact) mass is 428 g/mol. The Hall–Kier alpha value is -3.48. The number of nitrogens with zero attached hydrogens (tertiary/aromatic N) is 5. The van der Waals surface area contributed by atoms with Gasteiger partial charge >= 0.3 is 0 Å². The van der Waals surface area contributed by atoms with Gasteiger partial charge in [-0.1, -0.05) is 18.2 Å². The molecule has 0 bridgehead atoms. The molecule has 0 atom stereocenters. The number of anilines is 3. The van der Waals surface area contributed by atoms with Gasteiger partial charge in [0.05, 0.1) is 5.56 Å². The Kier molecular flexibility index (Phi) is 5.47. The van der Waals surface area contributed by atoms with Crippen LogP contribution in [0.15, 0.2) is 48.7 Å². The van der Waals surface area contributed by atoms with Crippen molar-refractivity contribution in [2.45, 2.75) is 39.2 Å². The fourth-order valence-corrected chi connectivity index (χ4v) is 4.63. The van der Waals surface area contributed by atoms with Gasteiger partial charge in [-0.2, -0.15) is 0 Å². The molecule has 3 aromatic rings. The average Bonchev–Trinajstić information content (AvgIpc) is 3.23. The number of piperidine rings is 1. The van der Waals surface area contributed by atoms with Gasteiger partial charge in [0.15, 0.2) is 0 Å². The highest BCUT2D eigenvalue weighted by Gasteiger charge is 2.25. The number of aryl methyl sites for hydroxylation is 2. The SMILES string of the molecule is Cc1cc(N2CCC(Nc3ccc(C(=O)N4CCc5ccccc54)cn3)CC2)nc(C)n1. The topological polar surface area (TPSA) is 74.2 Å². The van der Waals surface area contributed by atoms with Gasteiger partial charge in [0.25, 0.3) is 5.91 Å². The zero-order valence-electron chi connectivity index (χ0n) is 18.6. The first-order valence-electron chi connectivity index (χ1n) is 11.3. The van der Waals surface area contributed by atoms with Crippen molar-refractivity contribution >= 4 is 23.2 Å². The van der Waals surface area contributed by atoms with Crippen LogP contribution in [-0.2, 0) is 6.42 Å². The summed E-state index contributed by atoms with van der Waals surface area (Å²) in [6.45, 7) is 6.56. The van der Waals surface area contributed by atoms with E-state index in [-0.39, 0.29) is 5.91 Å². The fraction of sp³-hybridized carbons (Fsp3) is 0.360. The molecule has 2 aliphatic rings. The third-order valence-electron chi connectivity index (χ3n) is 6.27. The summed E-state index contributed by atoms with van der Waals surface area (Å²) in [6, 6.07) is 14.3. The number of para-hydroxylation sites is 1. The number of carbonyl (C=O) groups excluding carboxylic acids is 1. The van der Waals surface area contributed by atoms with Gasteiger partial charge in [-0.3, -0.25) is 4.79 Å². The van der Waals surface area contributed by atoms with E-state index in [4.69, 9.17) is 0 Å². The van der Waals surface area contributed by atoms with Crippen molar-refractivity contribution in [3.8, 4) is 0 Å². The van der Waals surface area contributed by atoms with E-state index in [0.717, 1.165) is 67.7 Å². The van der Waals surface area contributed by atoms with Crippen molar-refractivity contribution in [2.24, 2.45) is 0 Å². The molecule has 32 heavy (non-hydrogen) atoms. The molecule has 164 valence electrons. The number of aromatic nitrogens is 3. The van der Waals surface area contributed by atoms with Gasteiger partial charge in [0, 0.05) is 49.3 Å². The lowest BCUT2D eigenvalue weighted by molar-refractivity contribution is 0.0989. The molecule has 0 saturated carbocycles. The zero-order chi connectivity index (χ0) is 22.1. The lowest BCUT2D eigenvalue weighted by atomic mass is 10.0. The Labute approximate surface area is 188 Å². The second-order valence-electron chi connectivity index (χ2n) is 8.59. The van der Waals surface area contributed by atoms with Crippen LogP contribution < -0.4 is 15.1 Å². The van der Waals surface area contributed by atoms with E-state index in [0.29, 0.717) is 11.6 Å². The average molecular weight is 429 g/mol. The quantitative estimate of drug-likeness (QED) is 0.682. The summed E-state index contributed by atoms with van der Waals surface area (Å²) in [5.74, 6) is 2.66. The minimum absolute atomic E-state index is 0.0118. The number of rotatable bonds is 4. The van der Waals surface area contributed by atoms with Gasteiger partial charge in [-0.15, -0.1) is 0 Å². The van der Waals surface area contributed by atoms with Crippen molar-refractivity contribution in [3.05, 3.63) is 71.3 Å². The molecule has 0 aliphatic carbocycles. The van der Waals surface area contributed by atoms with Crippen molar-refractivity contribution in [1.29, 1.82) is 0 Å². The predicted octanol–water partition coefficient (Wildman–Crippen LogP) is 3.77. The van der Waals surface area contributed by atoms with E-state index in [9.17, 15) is 4.79 Å². The van der Waals surface area contributed by atoms with Gasteiger partial charge in [0.1, 0.15) is 17.5 Å². The summed E-state index contributed by atoms with van der Waals surface area (Å²) in [5, 5.41) is 3.53. The molecule has 1 amide bonds. The Morgan fingerprint density at radius 1 is 1.03 bits per heavy atom. The van der Waals surface area contributed by atoms with Crippen molar-refractivity contribution in [2.75, 3.05) is 34.8 Å². The summed E-state index contributed by atoms with van der Waals surface area (Å²) >= 11 is 0. The lowest BCUT2D eigenvalue weighted by Crippen LogP contribution is -2.39. The molecule has 1 fully saturated rings. The normalized spacial score (nSPS) is 16.2. The van der Waals surface area contributed by atoms with E-state index in [1.54, 1.807) is 6.20 Å². The van der Waals surface area contributed by atoms with Crippen LogP contribution >= 0.6 is 0 Å². The number of hydrogen-bond donors (Lipinski definition) is 1. The molecule has 1 N–H and O–H groups in total. The van der Waals surface area contributed by atoms with Crippen LogP contribution in [0.3, 0.4) is 0 Å². The number of hydrogen-bond acceptors (Lipinski definition) is 6. The van der Waals surface area contributed by atoms with E-state index >= 15 is 0 Å². The number of carbonyl (C=O) groups is 1. The number of pyridine rings is 1. The fourth-order valence-electron chi connectivity index (χ4n) is 4.63. The third kappa shape index (κ3) is 4.15. The van der Waals surface area contributed by atoms with Crippen molar-refractivity contribution < 1.29 is 4.79 Å². The standard InChI is InChI=1S/C25H28N6O/c1-17-15-24(28-18(2)27-17)30-12-10-21(11-13-30)29-23-8-7-20(16-26-23)25(32)31-14-9-19-5-3-4-6-22(19)31/h3-8,15-16,21H,9-14H2,1-2H3,(H,26,29). The van der Waals surface area contributed by atoms with Gasteiger partial charge in [-0.05, 0) is 56.9 Å². The van der Waals surface area contributed by atoms with Gasteiger partial charge in [0.2, 0.25) is 0 Å². The molecule has 0 spiro atoms. The molecule has 1 aromatic carbocycles. The highest BCUT2D eigenvalue weighted by atomic mass is 16.2. The molecule has 7 heteroatoms. The van der Waals surface area contributed by atoms with Gasteiger partial charge < -0.3 is 15.1 Å². The lowest BCUT2D eigenvalue weighted by Gasteiger charge is -2.33. The Morgan fingerprint density at radius 2 is 1.84 bits per heavy atom. The van der Waals surface area contributed by atoms with Crippen LogP contribution in [0.5, 0.6) is 0 Å². The molecular weight excluding hydrogens is 400 g/mol. The minimum Gasteiger partial charge on any atom is -0.367 e. The molecule has 0 radical (unpaired) electrons. The van der Waals surface area contributed by atoms with Gasteiger partial charge in [-0.25, -0.2) is 15.0 Å². The van der Waals surface area contributed by atoms with E-state index in [1.165, 1.54) is 5.56 Å². The van der Waals surface area contributed by atoms with Crippen LogP contribution in [0, 0.1) is 13.8 Å². The maximum absolute atomic E-state index is 13.0. The highest BCUT2D eigenvalue weighted by molar-refractivity contribution is 6.07. The van der Waals surface area contributed by atoms with Crippen molar-refractivity contribution in [1.82, 2.24) is 15.0 Å². The van der Waals surface area contributed by atoms with E-state index < -0.39 is 0 Å². The predicted molar refractivity (Wildman–Crippen MR) is 126 cm³/mol. The number of amides is 1. The summed E-state index contributed by atoms with van der Waals surface area (Å²) in [5.41, 5.74) is 3.87. The maximum atomic E-state index is 13.0. The summed E-state index contributed by atoms with van der Waals surface area (Å²) in [4.78, 5) is 30.6. The smallest absolute Gasteiger partial charge is 0.259 e. The highest BCUT2D eigenvalue weighted by Crippen LogP contribution is 2.29. The molecule has 7 nitrogen and oxygen atoms in total. The molecule has 5 rings (SSSR count). The number of fused-ring (bicyclic) bond motifs is 1. The molecular formula is C25H28N6O. The summed E-state index contributed by atoms with van der Waals surface area (Å²) < 4.78 is 0. The summed E-state index contributed by atoms with van der Waals surface area (Å²) in [6.07, 6.45) is 4.61. The van der Waals surface area contributed by atoms with Crippen LogP contribution in [0.1, 0.15) is 40.3 Å². The first kappa shape index (κ1) is 20.4. The largest absolute Gasteiger partial charge is 0.367 e. The van der Waals surface area contributed by atoms with E-state index in [1.807, 2.05) is 49.1 Å².